The fourth-order valence-electron chi connectivity index (χ4n) is 4.91. The van der Waals surface area contributed by atoms with Crippen LogP contribution in [0.3, 0.4) is 0 Å². The Balaban J connectivity index is 1.38. The van der Waals surface area contributed by atoms with Crippen molar-refractivity contribution in [1.82, 2.24) is 14.5 Å². The Morgan fingerprint density at radius 1 is 0.972 bits per heavy atom. The molecule has 7 nitrogen and oxygen atoms in total. The molecule has 0 saturated carbocycles. The van der Waals surface area contributed by atoms with E-state index in [-0.39, 0.29) is 15.9 Å². The van der Waals surface area contributed by atoms with E-state index in [4.69, 9.17) is 4.98 Å². The molecule has 2 N–H and O–H groups in total. The molecule has 0 aliphatic carbocycles. The molecular formula is C28H26N4O3S. The van der Waals surface area contributed by atoms with Crippen molar-refractivity contribution in [3.05, 3.63) is 88.2 Å². The molecule has 0 atom stereocenters. The molecule has 8 heteroatoms. The molecular weight excluding hydrogens is 472 g/mol. The molecule has 182 valence electrons. The van der Waals surface area contributed by atoms with Crippen molar-refractivity contribution in [1.29, 1.82) is 0 Å². The highest BCUT2D eigenvalue weighted by molar-refractivity contribution is 7.92. The summed E-state index contributed by atoms with van der Waals surface area (Å²) in [5, 5.41) is 1.52. The first-order chi connectivity index (χ1) is 17.1. The normalized spacial score (nSPS) is 13.5. The Hall–Kier alpha value is -3.91. The van der Waals surface area contributed by atoms with Crippen LogP contribution >= 0.6 is 0 Å². The molecule has 0 spiro atoms. The maximum absolute atomic E-state index is 13.4. The number of nitrogens with zero attached hydrogens (tertiary/aromatic N) is 2. The highest BCUT2D eigenvalue weighted by atomic mass is 32.2. The number of aromatic amines is 1. The van der Waals surface area contributed by atoms with Crippen LogP contribution in [0.5, 0.6) is 0 Å². The maximum atomic E-state index is 13.4. The van der Waals surface area contributed by atoms with Gasteiger partial charge in [-0.25, -0.2) is 13.4 Å². The van der Waals surface area contributed by atoms with Gasteiger partial charge in [-0.2, -0.15) is 0 Å². The first-order valence-electron chi connectivity index (χ1n) is 11.9. The molecule has 5 aromatic rings. The zero-order valence-corrected chi connectivity index (χ0v) is 21.1. The number of aryl methyl sites for hydroxylation is 1. The van der Waals surface area contributed by atoms with Gasteiger partial charge in [0.05, 0.1) is 21.5 Å². The van der Waals surface area contributed by atoms with Gasteiger partial charge in [-0.3, -0.25) is 14.1 Å². The molecule has 0 fully saturated rings. The lowest BCUT2D eigenvalue weighted by atomic mass is 9.87. The van der Waals surface area contributed by atoms with Gasteiger partial charge >= 0.3 is 0 Å². The molecule has 36 heavy (non-hydrogen) atoms. The smallest absolute Gasteiger partial charge is 0.261 e. The lowest BCUT2D eigenvalue weighted by Gasteiger charge is -2.19. The summed E-state index contributed by atoms with van der Waals surface area (Å²) in [6, 6.07) is 19.9. The van der Waals surface area contributed by atoms with Crippen LogP contribution in [0.4, 0.5) is 5.69 Å². The highest BCUT2D eigenvalue weighted by Gasteiger charge is 2.24. The number of benzene rings is 3. The minimum absolute atomic E-state index is 0.0734. The Kier molecular flexibility index (Phi) is 4.88. The lowest BCUT2D eigenvalue weighted by Crippen LogP contribution is -2.27. The van der Waals surface area contributed by atoms with Crippen LogP contribution in [-0.4, -0.2) is 23.0 Å². The lowest BCUT2D eigenvalue weighted by molar-refractivity contribution is 0.587. The van der Waals surface area contributed by atoms with Gasteiger partial charge in [-0.05, 0) is 59.4 Å². The van der Waals surface area contributed by atoms with Gasteiger partial charge in [0, 0.05) is 23.1 Å². The second-order valence-corrected chi connectivity index (χ2v) is 12.0. The van der Waals surface area contributed by atoms with Crippen LogP contribution in [-0.2, 0) is 28.4 Å². The summed E-state index contributed by atoms with van der Waals surface area (Å²) in [5.41, 5.74) is 4.69. The number of para-hydroxylation sites is 1. The molecule has 0 radical (unpaired) electrons. The van der Waals surface area contributed by atoms with Crippen molar-refractivity contribution in [2.75, 3.05) is 4.72 Å². The monoisotopic (exact) mass is 498 g/mol. The van der Waals surface area contributed by atoms with Gasteiger partial charge in [0.15, 0.2) is 5.82 Å². The zero-order chi connectivity index (χ0) is 25.2. The van der Waals surface area contributed by atoms with Crippen molar-refractivity contribution in [2.24, 2.45) is 0 Å². The van der Waals surface area contributed by atoms with E-state index in [9.17, 15) is 13.2 Å². The minimum Gasteiger partial charge on any atom is -0.352 e. The first-order valence-corrected chi connectivity index (χ1v) is 13.4. The summed E-state index contributed by atoms with van der Waals surface area (Å²) in [4.78, 5) is 21.8. The van der Waals surface area contributed by atoms with Crippen molar-refractivity contribution in [3.8, 4) is 11.5 Å². The second-order valence-electron chi connectivity index (χ2n) is 10.3. The summed E-state index contributed by atoms with van der Waals surface area (Å²) in [5.74, 6) is 0.609. The van der Waals surface area contributed by atoms with E-state index in [0.717, 1.165) is 28.6 Å². The molecule has 0 amide bonds. The molecule has 1 aliphatic rings. The van der Waals surface area contributed by atoms with E-state index in [1.165, 1.54) is 5.56 Å². The Morgan fingerprint density at radius 2 is 1.72 bits per heavy atom. The molecule has 6 rings (SSSR count). The van der Waals surface area contributed by atoms with Crippen LogP contribution in [0.15, 0.2) is 76.4 Å². The van der Waals surface area contributed by atoms with Crippen LogP contribution in [0, 0.1) is 0 Å². The molecule has 2 aromatic heterocycles. The number of H-pyrrole nitrogens is 1. The fraction of sp³-hybridized carbons (Fsp3) is 0.214. The van der Waals surface area contributed by atoms with E-state index >= 15 is 0 Å². The quantitative estimate of drug-likeness (QED) is 0.357. The summed E-state index contributed by atoms with van der Waals surface area (Å²) < 4.78 is 30.3. The minimum atomic E-state index is -3.81. The Bertz CT molecular complexity index is 1830. The summed E-state index contributed by atoms with van der Waals surface area (Å²) in [6.45, 7) is 6.75. The Morgan fingerprint density at radius 3 is 2.47 bits per heavy atom. The highest BCUT2D eigenvalue weighted by Crippen LogP contribution is 2.33. The zero-order valence-electron chi connectivity index (χ0n) is 20.3. The van der Waals surface area contributed by atoms with Gasteiger partial charge < -0.3 is 4.98 Å². The number of fused-ring (bicyclic) bond motifs is 6. The molecule has 1 aliphatic heterocycles. The second kappa shape index (κ2) is 7.80. The largest absolute Gasteiger partial charge is 0.352 e. The van der Waals surface area contributed by atoms with Gasteiger partial charge in [0.25, 0.3) is 15.6 Å². The van der Waals surface area contributed by atoms with E-state index in [1.807, 2.05) is 30.3 Å². The van der Waals surface area contributed by atoms with Gasteiger partial charge in [-0.1, -0.05) is 51.1 Å². The van der Waals surface area contributed by atoms with Crippen molar-refractivity contribution in [2.45, 2.75) is 44.0 Å². The summed E-state index contributed by atoms with van der Waals surface area (Å²) in [6.07, 6.45) is 0.719. The van der Waals surface area contributed by atoms with Gasteiger partial charge in [-0.15, -0.1) is 0 Å². The average Bonchev–Trinajstić information content (AvgIpc) is 3.23. The molecule has 0 saturated heterocycles. The third-order valence-corrected chi connectivity index (χ3v) is 8.26. The topological polar surface area (TPSA) is 96.8 Å². The van der Waals surface area contributed by atoms with Crippen molar-refractivity contribution < 1.29 is 8.42 Å². The number of nitrogens with one attached hydrogen (secondary N) is 2. The van der Waals surface area contributed by atoms with E-state index in [2.05, 4.69) is 36.5 Å². The molecule has 3 aromatic carbocycles. The third kappa shape index (κ3) is 3.60. The van der Waals surface area contributed by atoms with Crippen molar-refractivity contribution >= 4 is 37.5 Å². The van der Waals surface area contributed by atoms with Crippen LogP contribution in [0.1, 0.15) is 31.9 Å². The van der Waals surface area contributed by atoms with Crippen LogP contribution in [0.25, 0.3) is 33.3 Å². The number of hydrogen-bond donors (Lipinski definition) is 2. The molecule has 0 bridgehead atoms. The fourth-order valence-corrected chi connectivity index (χ4v) is 5.95. The maximum Gasteiger partial charge on any atom is 0.261 e. The number of hydrogen-bond acceptors (Lipinski definition) is 4. The summed E-state index contributed by atoms with van der Waals surface area (Å²) in [7, 11) is -3.81. The predicted molar refractivity (Wildman–Crippen MR) is 143 cm³/mol. The van der Waals surface area contributed by atoms with Crippen LogP contribution in [0.2, 0.25) is 0 Å². The number of rotatable bonds is 3. The predicted octanol–water partition coefficient (Wildman–Crippen LogP) is 5.20. The first kappa shape index (κ1) is 22.5. The Labute approximate surface area is 208 Å². The van der Waals surface area contributed by atoms with Crippen LogP contribution < -0.4 is 10.3 Å². The summed E-state index contributed by atoms with van der Waals surface area (Å²) >= 11 is 0. The van der Waals surface area contributed by atoms with Gasteiger partial charge in [0.1, 0.15) is 0 Å². The number of sulfonamides is 1. The van der Waals surface area contributed by atoms with Gasteiger partial charge in [0.2, 0.25) is 0 Å². The standard InChI is InChI=1S/C28H26N4O3S/c1-28(2,3)17-8-11-19(12-9-17)36(34,35)31-18-10-13-24-22(16-18)27(33)32-15-14-21-20-6-4-5-7-23(20)29-25(21)26(32)30-24/h4-13,16,29,31H,14-15H2,1-3H3. The van der Waals surface area contributed by atoms with E-state index < -0.39 is 10.0 Å². The number of aromatic nitrogens is 3. The molecule has 0 unspecified atom stereocenters. The number of anilines is 1. The van der Waals surface area contributed by atoms with Crippen molar-refractivity contribution in [3.63, 3.8) is 0 Å². The SMILES string of the molecule is CC(C)(C)c1ccc(S(=O)(=O)Nc2ccc3nc4n(c(=O)c3c2)CCc2c-4[nH]c3ccccc23)cc1. The van der Waals surface area contributed by atoms with E-state index in [0.29, 0.717) is 29.0 Å². The molecule has 3 heterocycles. The van der Waals surface area contributed by atoms with E-state index in [1.54, 1.807) is 34.9 Å². The average molecular weight is 499 g/mol. The third-order valence-electron chi connectivity index (χ3n) is 6.86.